The maximum absolute atomic E-state index is 12.7. The summed E-state index contributed by atoms with van der Waals surface area (Å²) in [5.41, 5.74) is 0.854. The van der Waals surface area contributed by atoms with Gasteiger partial charge in [-0.1, -0.05) is 13.8 Å². The Bertz CT molecular complexity index is 544. The number of nitrogens with zero attached hydrogens (tertiary/aromatic N) is 2. The van der Waals surface area contributed by atoms with E-state index >= 15 is 0 Å². The van der Waals surface area contributed by atoms with Gasteiger partial charge in [-0.25, -0.2) is 8.42 Å². The highest BCUT2D eigenvalue weighted by atomic mass is 35.5. The first-order chi connectivity index (χ1) is 9.40. The van der Waals surface area contributed by atoms with Crippen molar-refractivity contribution in [2.24, 2.45) is 11.8 Å². The lowest BCUT2D eigenvalue weighted by molar-refractivity contribution is 0.388. The van der Waals surface area contributed by atoms with Crippen LogP contribution in [0.4, 0.5) is 0 Å². The van der Waals surface area contributed by atoms with Crippen LogP contribution in [0.1, 0.15) is 32.9 Å². The fourth-order valence-corrected chi connectivity index (χ4v) is 4.54. The zero-order valence-electron chi connectivity index (χ0n) is 12.3. The molecule has 1 aliphatic rings. The Kier molecular flexibility index (Phi) is 4.82. The molecule has 1 atom stereocenters. The molecule has 1 unspecified atom stereocenters. The Morgan fingerprint density at radius 2 is 2.15 bits per heavy atom. The number of hydrogen-bond acceptors (Lipinski definition) is 2. The Hall–Kier alpha value is -0.520. The summed E-state index contributed by atoms with van der Waals surface area (Å²) >= 11 is 5.87. The van der Waals surface area contributed by atoms with E-state index in [1.165, 1.54) is 0 Å². The number of aromatic nitrogens is 1. The summed E-state index contributed by atoms with van der Waals surface area (Å²) in [6, 6.07) is 1.70. The van der Waals surface area contributed by atoms with Crippen molar-refractivity contribution in [3.05, 3.63) is 18.0 Å². The molecule has 4 nitrogen and oxygen atoms in total. The van der Waals surface area contributed by atoms with Gasteiger partial charge in [0.1, 0.15) is 4.90 Å². The van der Waals surface area contributed by atoms with E-state index in [1.54, 1.807) is 16.6 Å². The first-order valence-corrected chi connectivity index (χ1v) is 9.12. The summed E-state index contributed by atoms with van der Waals surface area (Å²) in [7, 11) is -3.37. The third kappa shape index (κ3) is 2.90. The second-order valence-electron chi connectivity index (χ2n) is 5.74. The molecule has 1 fully saturated rings. The Labute approximate surface area is 126 Å². The molecule has 0 saturated carbocycles. The highest BCUT2D eigenvalue weighted by molar-refractivity contribution is 7.89. The molecule has 0 N–H and O–H groups in total. The smallest absolute Gasteiger partial charge is 0.244 e. The molecule has 0 aromatic carbocycles. The second-order valence-corrected chi connectivity index (χ2v) is 7.95. The largest absolute Gasteiger partial charge is 0.349 e. The van der Waals surface area contributed by atoms with E-state index in [4.69, 9.17) is 11.6 Å². The van der Waals surface area contributed by atoms with Crippen LogP contribution in [-0.2, 0) is 22.4 Å². The van der Waals surface area contributed by atoms with Gasteiger partial charge in [0.15, 0.2) is 0 Å². The standard InChI is InChI=1S/C14H23ClN2O2S/c1-4-16-10-14(7-13(16)8-15)20(18,19)17-6-5-12(9-17)11(2)3/h7,10-12H,4-6,8-9H2,1-3H3. The van der Waals surface area contributed by atoms with Gasteiger partial charge >= 0.3 is 0 Å². The van der Waals surface area contributed by atoms with Crippen LogP contribution < -0.4 is 0 Å². The summed E-state index contributed by atoms with van der Waals surface area (Å²) in [5.74, 6) is 1.32. The predicted octanol–water partition coefficient (Wildman–Crippen LogP) is 2.91. The van der Waals surface area contributed by atoms with Gasteiger partial charge in [0.2, 0.25) is 10.0 Å². The molecule has 0 spiro atoms. The van der Waals surface area contributed by atoms with Crippen LogP contribution in [0.25, 0.3) is 0 Å². The number of rotatable bonds is 5. The van der Waals surface area contributed by atoms with E-state index < -0.39 is 10.0 Å². The molecule has 6 heteroatoms. The first kappa shape index (κ1) is 15.9. The number of halogens is 1. The van der Waals surface area contributed by atoms with Crippen molar-refractivity contribution in [2.45, 2.75) is 44.5 Å². The maximum atomic E-state index is 12.7. The fraction of sp³-hybridized carbons (Fsp3) is 0.714. The molecule has 1 saturated heterocycles. The third-order valence-corrected chi connectivity index (χ3v) is 6.31. The molecule has 1 aliphatic heterocycles. The average molecular weight is 319 g/mol. The van der Waals surface area contributed by atoms with Crippen molar-refractivity contribution in [2.75, 3.05) is 13.1 Å². The monoisotopic (exact) mass is 318 g/mol. The minimum Gasteiger partial charge on any atom is -0.349 e. The lowest BCUT2D eigenvalue weighted by atomic mass is 9.96. The topological polar surface area (TPSA) is 42.3 Å². The highest BCUT2D eigenvalue weighted by Crippen LogP contribution is 2.29. The maximum Gasteiger partial charge on any atom is 0.244 e. The van der Waals surface area contributed by atoms with Crippen LogP contribution in [0.3, 0.4) is 0 Å². The predicted molar refractivity (Wildman–Crippen MR) is 81.4 cm³/mol. The first-order valence-electron chi connectivity index (χ1n) is 7.15. The van der Waals surface area contributed by atoms with Crippen molar-refractivity contribution in [1.29, 1.82) is 0 Å². The molecule has 114 valence electrons. The van der Waals surface area contributed by atoms with E-state index in [9.17, 15) is 8.42 Å². The van der Waals surface area contributed by atoms with Gasteiger partial charge in [-0.3, -0.25) is 0 Å². The average Bonchev–Trinajstić information content (AvgIpc) is 3.05. The molecule has 1 aromatic rings. The fourth-order valence-electron chi connectivity index (χ4n) is 2.74. The van der Waals surface area contributed by atoms with Gasteiger partial charge in [-0.05, 0) is 31.2 Å². The lowest BCUT2D eigenvalue weighted by Gasteiger charge is -2.17. The van der Waals surface area contributed by atoms with Gasteiger partial charge in [0.05, 0.1) is 5.88 Å². The third-order valence-electron chi connectivity index (χ3n) is 4.21. The Morgan fingerprint density at radius 3 is 2.60 bits per heavy atom. The van der Waals surface area contributed by atoms with Crippen molar-refractivity contribution in [3.8, 4) is 0 Å². The molecule has 0 amide bonds. The van der Waals surface area contributed by atoms with Gasteiger partial charge in [-0.15, -0.1) is 11.6 Å². The van der Waals surface area contributed by atoms with Crippen molar-refractivity contribution < 1.29 is 8.42 Å². The molecule has 0 aliphatic carbocycles. The molecule has 2 heterocycles. The van der Waals surface area contributed by atoms with Crippen LogP contribution in [0, 0.1) is 11.8 Å². The summed E-state index contributed by atoms with van der Waals surface area (Å²) in [6.45, 7) is 8.27. The van der Waals surface area contributed by atoms with Gasteiger partial charge in [-0.2, -0.15) is 4.31 Å². The number of aryl methyl sites for hydroxylation is 1. The van der Waals surface area contributed by atoms with Crippen LogP contribution in [-0.4, -0.2) is 30.4 Å². The molecule has 0 radical (unpaired) electrons. The number of sulfonamides is 1. The molecule has 1 aromatic heterocycles. The van der Waals surface area contributed by atoms with Gasteiger partial charge in [0, 0.05) is 31.5 Å². The summed E-state index contributed by atoms with van der Waals surface area (Å²) in [6.07, 6.45) is 2.66. The highest BCUT2D eigenvalue weighted by Gasteiger charge is 2.34. The summed E-state index contributed by atoms with van der Waals surface area (Å²) in [5, 5.41) is 0. The summed E-state index contributed by atoms with van der Waals surface area (Å²) in [4.78, 5) is 0.374. The molecule has 20 heavy (non-hydrogen) atoms. The minimum atomic E-state index is -3.37. The Morgan fingerprint density at radius 1 is 1.45 bits per heavy atom. The van der Waals surface area contributed by atoms with E-state index in [1.807, 2.05) is 11.5 Å². The van der Waals surface area contributed by atoms with Gasteiger partial charge < -0.3 is 4.57 Å². The van der Waals surface area contributed by atoms with E-state index in [0.29, 0.717) is 35.7 Å². The van der Waals surface area contributed by atoms with Crippen molar-refractivity contribution in [1.82, 2.24) is 8.87 Å². The van der Waals surface area contributed by atoms with Crippen molar-refractivity contribution in [3.63, 3.8) is 0 Å². The van der Waals surface area contributed by atoms with E-state index in [-0.39, 0.29) is 0 Å². The molecule has 0 bridgehead atoms. The van der Waals surface area contributed by atoms with Crippen LogP contribution in [0.2, 0.25) is 0 Å². The second kappa shape index (κ2) is 6.08. The minimum absolute atomic E-state index is 0.331. The SMILES string of the molecule is CCn1cc(S(=O)(=O)N2CCC(C(C)C)C2)cc1CCl. The van der Waals surface area contributed by atoms with Gasteiger partial charge in [0.25, 0.3) is 0 Å². The number of alkyl halides is 1. The van der Waals surface area contributed by atoms with Crippen LogP contribution >= 0.6 is 11.6 Å². The Balaban J connectivity index is 2.25. The van der Waals surface area contributed by atoms with E-state index in [0.717, 1.165) is 18.7 Å². The zero-order valence-corrected chi connectivity index (χ0v) is 13.9. The van der Waals surface area contributed by atoms with Crippen LogP contribution in [0.5, 0.6) is 0 Å². The quantitative estimate of drug-likeness (QED) is 0.783. The van der Waals surface area contributed by atoms with Crippen LogP contribution in [0.15, 0.2) is 17.2 Å². The molecule has 2 rings (SSSR count). The van der Waals surface area contributed by atoms with E-state index in [2.05, 4.69) is 13.8 Å². The lowest BCUT2D eigenvalue weighted by Crippen LogP contribution is -2.29. The normalized spacial score (nSPS) is 20.9. The molecular weight excluding hydrogens is 296 g/mol. The van der Waals surface area contributed by atoms with Crippen molar-refractivity contribution >= 4 is 21.6 Å². The summed E-state index contributed by atoms with van der Waals surface area (Å²) < 4.78 is 28.9. The molecular formula is C14H23ClN2O2S. The number of hydrogen-bond donors (Lipinski definition) is 0. The zero-order chi connectivity index (χ0) is 14.9.